The Bertz CT molecular complexity index is 1070. The van der Waals surface area contributed by atoms with E-state index in [1.807, 2.05) is 32.9 Å². The summed E-state index contributed by atoms with van der Waals surface area (Å²) >= 11 is 0. The van der Waals surface area contributed by atoms with Crippen molar-refractivity contribution >= 4 is 30.1 Å². The number of rotatable bonds is 8. The van der Waals surface area contributed by atoms with Crippen molar-refractivity contribution in [2.24, 2.45) is 10.5 Å². The zero-order chi connectivity index (χ0) is 27.4. The summed E-state index contributed by atoms with van der Waals surface area (Å²) < 4.78 is 0. The molecule has 0 radical (unpaired) electrons. The van der Waals surface area contributed by atoms with Crippen LogP contribution in [0.5, 0.6) is 0 Å². The number of benzene rings is 1. The molecule has 210 valence electrons. The second-order valence-corrected chi connectivity index (χ2v) is 11.4. The monoisotopic (exact) mass is 547 g/mol. The number of likely N-dealkylation sites (N-methyl/N-ethyl adjacent to an activating group) is 1. The molecule has 1 saturated heterocycles. The Morgan fingerprint density at radius 3 is 2.55 bits per heavy atom. The van der Waals surface area contributed by atoms with Crippen molar-refractivity contribution in [1.82, 2.24) is 20.9 Å². The van der Waals surface area contributed by atoms with Gasteiger partial charge in [-0.3, -0.25) is 14.4 Å². The highest BCUT2D eigenvalue weighted by atomic mass is 35.5. The van der Waals surface area contributed by atoms with Gasteiger partial charge in [0.25, 0.3) is 0 Å². The van der Waals surface area contributed by atoms with E-state index in [1.54, 1.807) is 14.0 Å². The second-order valence-electron chi connectivity index (χ2n) is 11.4. The summed E-state index contributed by atoms with van der Waals surface area (Å²) in [5, 5.41) is 12.9. The molecule has 1 aliphatic heterocycles. The van der Waals surface area contributed by atoms with E-state index in [4.69, 9.17) is 5.53 Å². The fraction of sp³-hybridized carbons (Fsp3) is 0.667. The first kappa shape index (κ1) is 31.4. The fourth-order valence-corrected chi connectivity index (χ4v) is 5.50. The number of carbonyl (C=O) groups is 3. The first-order valence-electron chi connectivity index (χ1n) is 13.2. The number of hydrogen-bond acceptors (Lipinski definition) is 5. The topological polar surface area (TPSA) is 139 Å². The zero-order valence-electron chi connectivity index (χ0n) is 23.3. The number of halogens is 1. The number of nitrogens with one attached hydrogen (secondary N) is 3. The molecule has 1 aromatic rings. The van der Waals surface area contributed by atoms with Gasteiger partial charge < -0.3 is 20.9 Å². The molecule has 38 heavy (non-hydrogen) atoms. The van der Waals surface area contributed by atoms with Crippen LogP contribution in [0.4, 0.5) is 0 Å². The minimum absolute atomic E-state index is 0. The van der Waals surface area contributed by atoms with Crippen LogP contribution in [0.2, 0.25) is 0 Å². The van der Waals surface area contributed by atoms with E-state index in [0.717, 1.165) is 31.2 Å². The molecule has 2 aliphatic rings. The maximum Gasteiger partial charge on any atom is 0.246 e. The third kappa shape index (κ3) is 6.60. The summed E-state index contributed by atoms with van der Waals surface area (Å²) in [6, 6.07) is 5.53. The first-order valence-corrected chi connectivity index (χ1v) is 13.2. The van der Waals surface area contributed by atoms with Crippen molar-refractivity contribution in [1.29, 1.82) is 0 Å². The Hall–Kier alpha value is -2.81. The highest BCUT2D eigenvalue weighted by molar-refractivity contribution is 5.94. The molecule has 3 amide bonds. The van der Waals surface area contributed by atoms with Crippen LogP contribution in [0, 0.1) is 5.41 Å². The van der Waals surface area contributed by atoms with Crippen molar-refractivity contribution < 1.29 is 14.4 Å². The number of likely N-dealkylation sites (tertiary alicyclic amines) is 1. The van der Waals surface area contributed by atoms with Gasteiger partial charge in [-0.15, -0.1) is 12.4 Å². The van der Waals surface area contributed by atoms with Gasteiger partial charge in [-0.25, -0.2) is 0 Å². The Labute approximate surface area is 231 Å². The zero-order valence-corrected chi connectivity index (χ0v) is 24.1. The average molecular weight is 548 g/mol. The summed E-state index contributed by atoms with van der Waals surface area (Å²) in [6.45, 7) is 9.54. The molecule has 1 fully saturated rings. The van der Waals surface area contributed by atoms with Crippen LogP contribution in [-0.4, -0.2) is 60.4 Å². The second kappa shape index (κ2) is 12.8. The molecule has 0 bridgehead atoms. The van der Waals surface area contributed by atoms with Gasteiger partial charge in [0.05, 0.1) is 17.6 Å². The van der Waals surface area contributed by atoms with Crippen molar-refractivity contribution in [2.45, 2.75) is 96.4 Å². The van der Waals surface area contributed by atoms with Crippen LogP contribution >= 0.6 is 12.4 Å². The van der Waals surface area contributed by atoms with Crippen LogP contribution in [0.1, 0.15) is 71.4 Å². The van der Waals surface area contributed by atoms with E-state index in [0.29, 0.717) is 0 Å². The summed E-state index contributed by atoms with van der Waals surface area (Å²) in [5.74, 6) is -0.911. The fourth-order valence-electron chi connectivity index (χ4n) is 5.50. The standard InChI is InChI=1S/C27H41N7O3.ClH/c1-7-27(14-10-12-18-11-8-9-13-20(18)27)31-24(36)21-15-19(32-33-28)16-34(21)25(37)22(26(3,4)5)30-23(35)17(2)29-6;/h8-9,11,13,17,19,21-22,29H,7,10,12,14-16H2,1-6H3,(H,30,35)(H,31,36);1H/t17-,19-,21-,22+,27+;/m0./s1. The lowest BCUT2D eigenvalue weighted by molar-refractivity contribution is -0.144. The number of amides is 3. The largest absolute Gasteiger partial charge is 0.345 e. The molecule has 0 spiro atoms. The number of nitrogens with zero attached hydrogens (tertiary/aromatic N) is 4. The number of carbonyl (C=O) groups excluding carboxylic acids is 3. The van der Waals surface area contributed by atoms with Gasteiger partial charge in [0.2, 0.25) is 17.7 Å². The predicted molar refractivity (Wildman–Crippen MR) is 150 cm³/mol. The molecule has 11 heteroatoms. The highest BCUT2D eigenvalue weighted by Gasteiger charge is 2.47. The quantitative estimate of drug-likeness (QED) is 0.260. The predicted octanol–water partition coefficient (Wildman–Crippen LogP) is 3.58. The van der Waals surface area contributed by atoms with Gasteiger partial charge in [-0.2, -0.15) is 0 Å². The molecule has 0 aromatic heterocycles. The third-order valence-electron chi connectivity index (χ3n) is 7.85. The van der Waals surface area contributed by atoms with Crippen LogP contribution in [0.25, 0.3) is 10.4 Å². The van der Waals surface area contributed by atoms with E-state index < -0.39 is 35.1 Å². The lowest BCUT2D eigenvalue weighted by Crippen LogP contribution is -2.60. The van der Waals surface area contributed by atoms with Crippen LogP contribution in [0.15, 0.2) is 29.4 Å². The lowest BCUT2D eigenvalue weighted by atomic mass is 9.74. The number of hydrogen-bond donors (Lipinski definition) is 3. The van der Waals surface area contributed by atoms with Gasteiger partial charge in [0.1, 0.15) is 12.1 Å². The molecule has 1 aromatic carbocycles. The molecule has 0 saturated carbocycles. The maximum absolute atomic E-state index is 13.9. The van der Waals surface area contributed by atoms with E-state index in [1.165, 1.54) is 10.5 Å². The van der Waals surface area contributed by atoms with Crippen LogP contribution in [0.3, 0.4) is 0 Å². The van der Waals surface area contributed by atoms with Crippen LogP contribution < -0.4 is 16.0 Å². The van der Waals surface area contributed by atoms with E-state index in [2.05, 4.69) is 45.0 Å². The summed E-state index contributed by atoms with van der Waals surface area (Å²) in [6.07, 6.45) is 3.70. The Morgan fingerprint density at radius 2 is 1.95 bits per heavy atom. The molecule has 10 nitrogen and oxygen atoms in total. The number of fused-ring (bicyclic) bond motifs is 1. The number of azide groups is 1. The normalized spacial score (nSPS) is 24.2. The van der Waals surface area contributed by atoms with Gasteiger partial charge in [-0.1, -0.05) is 57.1 Å². The Balaban J connectivity index is 0.00000507. The van der Waals surface area contributed by atoms with Crippen LogP contribution in [-0.2, 0) is 26.3 Å². The molecule has 3 rings (SSSR count). The van der Waals surface area contributed by atoms with Crippen molar-refractivity contribution in [3.8, 4) is 0 Å². The summed E-state index contributed by atoms with van der Waals surface area (Å²) in [5.41, 5.74) is 10.3. The van der Waals surface area contributed by atoms with E-state index >= 15 is 0 Å². The highest BCUT2D eigenvalue weighted by Crippen LogP contribution is 2.38. The first-order chi connectivity index (χ1) is 17.5. The molecular formula is C27H42ClN7O3. The lowest BCUT2D eigenvalue weighted by Gasteiger charge is -2.41. The van der Waals surface area contributed by atoms with Gasteiger partial charge in [0.15, 0.2) is 0 Å². The molecule has 5 atom stereocenters. The molecule has 1 aliphatic carbocycles. The van der Waals surface area contributed by atoms with Gasteiger partial charge in [-0.05, 0) is 68.1 Å². The minimum Gasteiger partial charge on any atom is -0.345 e. The third-order valence-corrected chi connectivity index (χ3v) is 7.85. The smallest absolute Gasteiger partial charge is 0.246 e. The summed E-state index contributed by atoms with van der Waals surface area (Å²) in [7, 11) is 1.68. The van der Waals surface area contributed by atoms with Crippen molar-refractivity contribution in [3.05, 3.63) is 45.8 Å². The maximum atomic E-state index is 13.9. The molecular weight excluding hydrogens is 506 g/mol. The van der Waals surface area contributed by atoms with Gasteiger partial charge >= 0.3 is 0 Å². The molecule has 1 heterocycles. The molecule has 3 N–H and O–H groups in total. The minimum atomic E-state index is -0.855. The SMILES string of the molecule is CC[C@@]1(NC(=O)[C@@H]2C[C@H](N=[N+]=[N-])CN2C(=O)[C@@H](NC(=O)[C@H](C)NC)C(C)(C)C)CCCc2ccccc21.Cl. The van der Waals surface area contributed by atoms with E-state index in [-0.39, 0.29) is 43.1 Å². The van der Waals surface area contributed by atoms with E-state index in [9.17, 15) is 14.4 Å². The molecule has 0 unspecified atom stereocenters. The van der Waals surface area contributed by atoms with Crippen molar-refractivity contribution in [3.63, 3.8) is 0 Å². The average Bonchev–Trinajstić information content (AvgIpc) is 3.30. The summed E-state index contributed by atoms with van der Waals surface area (Å²) in [4.78, 5) is 44.9. The Kier molecular flexibility index (Phi) is 10.6. The Morgan fingerprint density at radius 1 is 1.26 bits per heavy atom. The number of aryl methyl sites for hydroxylation is 1. The van der Waals surface area contributed by atoms with Crippen molar-refractivity contribution in [2.75, 3.05) is 13.6 Å². The van der Waals surface area contributed by atoms with Gasteiger partial charge in [0, 0.05) is 11.5 Å².